The number of nitrogens with one attached hydrogen (secondary N) is 1. The minimum absolute atomic E-state index is 0.0487. The van der Waals surface area contributed by atoms with Crippen LogP contribution in [0.2, 0.25) is 6.32 Å². The highest BCUT2D eigenvalue weighted by Crippen LogP contribution is 2.41. The number of rotatable bonds is 9. The maximum atomic E-state index is 11.8. The summed E-state index contributed by atoms with van der Waals surface area (Å²) >= 11 is 0. The molecule has 1 saturated carbocycles. The van der Waals surface area contributed by atoms with E-state index < -0.39 is 18.6 Å². The molecule has 0 saturated heterocycles. The minimum Gasteiger partial charge on any atom is -0.480 e. The van der Waals surface area contributed by atoms with Crippen LogP contribution in [0.15, 0.2) is 24.3 Å². The largest absolute Gasteiger partial charge is 0.480 e. The summed E-state index contributed by atoms with van der Waals surface area (Å²) in [6, 6.07) is 8.80. The molecule has 2 aliphatic rings. The first-order valence-corrected chi connectivity index (χ1v) is 10.2. The van der Waals surface area contributed by atoms with Crippen molar-refractivity contribution in [3.05, 3.63) is 35.4 Å². The van der Waals surface area contributed by atoms with Gasteiger partial charge in [0.05, 0.1) is 6.17 Å². The first kappa shape index (κ1) is 21.3. The molecule has 0 radical (unpaired) electrons. The third-order valence-corrected chi connectivity index (χ3v) is 6.67. The number of hydrogen-bond acceptors (Lipinski definition) is 6. The number of carboxylic acids is 1. The number of benzene rings is 1. The van der Waals surface area contributed by atoms with Crippen molar-refractivity contribution in [3.8, 4) is 0 Å². The van der Waals surface area contributed by atoms with Gasteiger partial charge in [0.25, 0.3) is 0 Å². The van der Waals surface area contributed by atoms with E-state index in [0.29, 0.717) is 25.3 Å². The molecule has 2 atom stereocenters. The van der Waals surface area contributed by atoms with Gasteiger partial charge in [0.15, 0.2) is 0 Å². The van der Waals surface area contributed by atoms with Crippen LogP contribution in [-0.4, -0.2) is 57.9 Å². The molecule has 1 aromatic carbocycles. The fourth-order valence-corrected chi connectivity index (χ4v) is 4.55. The van der Waals surface area contributed by atoms with Crippen molar-refractivity contribution in [1.29, 1.82) is 0 Å². The average molecular weight is 389 g/mol. The van der Waals surface area contributed by atoms with Gasteiger partial charge in [0.1, 0.15) is 5.54 Å². The van der Waals surface area contributed by atoms with Gasteiger partial charge in [-0.1, -0.05) is 37.1 Å². The van der Waals surface area contributed by atoms with Crippen LogP contribution in [0.25, 0.3) is 0 Å². The lowest BCUT2D eigenvalue weighted by molar-refractivity contribution is -0.149. The van der Waals surface area contributed by atoms with E-state index in [-0.39, 0.29) is 18.4 Å². The van der Waals surface area contributed by atoms with Crippen LogP contribution in [0.4, 0.5) is 0 Å². The third kappa shape index (κ3) is 4.58. The Morgan fingerprint density at radius 2 is 1.96 bits per heavy atom. The second-order valence-corrected chi connectivity index (χ2v) is 8.43. The Hall–Kier alpha value is -1.45. The number of nitrogens with zero attached hydrogens (tertiary/aromatic N) is 1. The van der Waals surface area contributed by atoms with Crippen molar-refractivity contribution in [2.75, 3.05) is 7.05 Å². The van der Waals surface area contributed by atoms with Crippen molar-refractivity contribution < 1.29 is 19.9 Å². The predicted octanol–water partition coefficient (Wildman–Crippen LogP) is 0.794. The number of unbranched alkanes of at least 4 members (excludes halogenated alkanes) is 1. The van der Waals surface area contributed by atoms with E-state index >= 15 is 0 Å². The third-order valence-electron chi connectivity index (χ3n) is 6.67. The highest BCUT2D eigenvalue weighted by Gasteiger charge is 2.49. The number of carboxylic acid groups (broad SMARTS) is 1. The monoisotopic (exact) mass is 389 g/mol. The molecule has 3 rings (SSSR count). The summed E-state index contributed by atoms with van der Waals surface area (Å²) in [5.41, 5.74) is 7.80. The Morgan fingerprint density at radius 1 is 1.29 bits per heavy atom. The molecule has 0 amide bonds. The summed E-state index contributed by atoms with van der Waals surface area (Å²) < 4.78 is 0. The topological polar surface area (TPSA) is 119 Å². The predicted molar refractivity (Wildman–Crippen MR) is 108 cm³/mol. The highest BCUT2D eigenvalue weighted by atomic mass is 16.4. The standard InChI is InChI=1S/C20H32BN3O4/c1-24(18-10-14-6-2-3-7-15(14)13-23-18)17-11-16(12-17)20(22,19(25)26)8-4-5-9-21(27)28/h2-3,6-7,16-18,23,27-28H,4-5,8-13,22H2,1H3,(H,25,26)/t16-,17-,18-,20-/m0/s1. The summed E-state index contributed by atoms with van der Waals surface area (Å²) in [7, 11) is 0.764. The lowest BCUT2D eigenvalue weighted by atomic mass is 9.65. The lowest BCUT2D eigenvalue weighted by Gasteiger charge is -2.50. The molecule has 0 unspecified atom stereocenters. The van der Waals surface area contributed by atoms with Gasteiger partial charge in [-0.15, -0.1) is 0 Å². The van der Waals surface area contributed by atoms with Crippen LogP contribution in [0.1, 0.15) is 43.2 Å². The second-order valence-electron chi connectivity index (χ2n) is 8.43. The van der Waals surface area contributed by atoms with Crippen LogP contribution < -0.4 is 11.1 Å². The average Bonchev–Trinajstić information content (AvgIpc) is 2.63. The van der Waals surface area contributed by atoms with Crippen molar-refractivity contribution in [2.45, 2.75) is 69.1 Å². The molecule has 28 heavy (non-hydrogen) atoms. The smallest absolute Gasteiger partial charge is 0.451 e. The Kier molecular flexibility index (Phi) is 6.78. The summed E-state index contributed by atoms with van der Waals surface area (Å²) in [5.74, 6) is -1.000. The summed E-state index contributed by atoms with van der Waals surface area (Å²) in [5, 5.41) is 31.2. The molecule has 7 nitrogen and oxygen atoms in total. The number of hydrogen-bond donors (Lipinski definition) is 5. The number of carbonyl (C=O) groups is 1. The normalized spacial score (nSPS) is 26.2. The number of nitrogens with two attached hydrogens (primary N) is 1. The van der Waals surface area contributed by atoms with Crippen molar-refractivity contribution >= 4 is 13.1 Å². The Bertz CT molecular complexity index is 683. The van der Waals surface area contributed by atoms with Crippen molar-refractivity contribution in [3.63, 3.8) is 0 Å². The summed E-state index contributed by atoms with van der Waals surface area (Å²) in [6.45, 7) is 0.855. The van der Waals surface area contributed by atoms with E-state index in [2.05, 4.69) is 41.5 Å². The van der Waals surface area contributed by atoms with E-state index in [1.165, 1.54) is 11.1 Å². The van der Waals surface area contributed by atoms with Gasteiger partial charge >= 0.3 is 13.1 Å². The highest BCUT2D eigenvalue weighted by molar-refractivity contribution is 6.40. The Labute approximate surface area is 167 Å². The summed E-state index contributed by atoms with van der Waals surface area (Å²) in [6.07, 6.45) is 4.52. The zero-order chi connectivity index (χ0) is 20.3. The molecule has 8 heteroatoms. The van der Waals surface area contributed by atoms with E-state index in [4.69, 9.17) is 15.8 Å². The summed E-state index contributed by atoms with van der Waals surface area (Å²) in [4.78, 5) is 14.2. The molecule has 1 heterocycles. The van der Waals surface area contributed by atoms with E-state index in [0.717, 1.165) is 25.8 Å². The zero-order valence-corrected chi connectivity index (χ0v) is 16.6. The van der Waals surface area contributed by atoms with Crippen molar-refractivity contribution in [2.24, 2.45) is 11.7 Å². The molecule has 6 N–H and O–H groups in total. The lowest BCUT2D eigenvalue weighted by Crippen LogP contribution is -2.63. The molecular weight excluding hydrogens is 357 g/mol. The van der Waals surface area contributed by atoms with Crippen LogP contribution in [-0.2, 0) is 17.8 Å². The van der Waals surface area contributed by atoms with Crippen LogP contribution in [0, 0.1) is 5.92 Å². The Morgan fingerprint density at radius 3 is 2.61 bits per heavy atom. The van der Waals surface area contributed by atoms with Crippen LogP contribution >= 0.6 is 0 Å². The maximum absolute atomic E-state index is 11.8. The SMILES string of the molecule is CN([C@H]1C[C@H]([C@@](N)(CCCCB(O)O)C(=O)O)C1)[C@H]1Cc2ccccc2CN1. The molecule has 1 aliphatic heterocycles. The van der Waals surface area contributed by atoms with Crippen molar-refractivity contribution in [1.82, 2.24) is 10.2 Å². The maximum Gasteiger partial charge on any atom is 0.451 e. The fraction of sp³-hybridized carbons (Fsp3) is 0.650. The minimum atomic E-state index is -1.34. The first-order valence-electron chi connectivity index (χ1n) is 10.2. The first-order chi connectivity index (χ1) is 13.3. The number of likely N-dealkylation sites (N-methyl/N-ethyl adjacent to an activating group) is 1. The van der Waals surface area contributed by atoms with Gasteiger partial charge in [-0.2, -0.15) is 0 Å². The van der Waals surface area contributed by atoms with Gasteiger partial charge in [-0.05, 0) is 49.7 Å². The molecular formula is C20H32BN3O4. The Balaban J connectivity index is 1.52. The van der Waals surface area contributed by atoms with Gasteiger partial charge in [-0.3, -0.25) is 15.0 Å². The van der Waals surface area contributed by atoms with E-state index in [9.17, 15) is 9.90 Å². The van der Waals surface area contributed by atoms with Gasteiger partial charge in [0.2, 0.25) is 0 Å². The quantitative estimate of drug-likeness (QED) is 0.313. The van der Waals surface area contributed by atoms with E-state index in [1.807, 2.05) is 0 Å². The van der Waals surface area contributed by atoms with Gasteiger partial charge < -0.3 is 20.9 Å². The molecule has 0 aromatic heterocycles. The molecule has 1 aliphatic carbocycles. The number of fused-ring (bicyclic) bond motifs is 1. The number of aliphatic carboxylic acids is 1. The second kappa shape index (κ2) is 8.92. The molecule has 0 spiro atoms. The fourth-order valence-electron chi connectivity index (χ4n) is 4.55. The molecule has 154 valence electrons. The van der Waals surface area contributed by atoms with Crippen LogP contribution in [0.3, 0.4) is 0 Å². The molecule has 1 fully saturated rings. The van der Waals surface area contributed by atoms with Gasteiger partial charge in [0, 0.05) is 19.0 Å². The zero-order valence-electron chi connectivity index (χ0n) is 16.6. The molecule has 1 aromatic rings. The van der Waals surface area contributed by atoms with Crippen LogP contribution in [0.5, 0.6) is 0 Å². The van der Waals surface area contributed by atoms with E-state index in [1.54, 1.807) is 0 Å². The molecule has 0 bridgehead atoms. The van der Waals surface area contributed by atoms with Gasteiger partial charge in [-0.25, -0.2) is 0 Å².